The Bertz CT molecular complexity index is 372. The number of rotatable bonds is 3. The van der Waals surface area contributed by atoms with Gasteiger partial charge in [-0.05, 0) is 50.3 Å². The summed E-state index contributed by atoms with van der Waals surface area (Å²) in [5.74, 6) is 0.985. The maximum Gasteiger partial charge on any atom is 0.130 e. The molecule has 0 aromatic heterocycles. The number of hydrogen-bond donors (Lipinski definition) is 1. The van der Waals surface area contributed by atoms with E-state index in [9.17, 15) is 4.39 Å². The molecule has 0 amide bonds. The number of methoxy groups -OCH3 is 1. The lowest BCUT2D eigenvalue weighted by atomic mass is 9.89. The maximum atomic E-state index is 13.8. The van der Waals surface area contributed by atoms with Crippen LogP contribution in [-0.4, -0.2) is 19.7 Å². The average molecular weight is 237 g/mol. The maximum absolute atomic E-state index is 13.8. The minimum atomic E-state index is -0.150. The molecule has 2 rings (SSSR count). The van der Waals surface area contributed by atoms with Crippen LogP contribution in [0.4, 0.5) is 4.39 Å². The Morgan fingerprint density at radius 2 is 2.24 bits per heavy atom. The molecule has 1 aliphatic heterocycles. The van der Waals surface area contributed by atoms with Crippen molar-refractivity contribution in [3.8, 4) is 5.75 Å². The second-order valence-electron chi connectivity index (χ2n) is 4.91. The molecule has 1 fully saturated rings. The van der Waals surface area contributed by atoms with Crippen molar-refractivity contribution in [1.29, 1.82) is 0 Å². The number of benzene rings is 1. The Balaban J connectivity index is 1.99. The van der Waals surface area contributed by atoms with Gasteiger partial charge in [-0.25, -0.2) is 4.39 Å². The highest BCUT2D eigenvalue weighted by Crippen LogP contribution is 2.23. The van der Waals surface area contributed by atoms with E-state index in [4.69, 9.17) is 4.74 Å². The first-order valence-corrected chi connectivity index (χ1v) is 6.25. The van der Waals surface area contributed by atoms with Gasteiger partial charge < -0.3 is 10.1 Å². The van der Waals surface area contributed by atoms with E-state index in [1.54, 1.807) is 7.11 Å². The number of ether oxygens (including phenoxy) is 1. The molecule has 94 valence electrons. The Kier molecular flexibility index (Phi) is 4.00. The molecular formula is C14H20FNO. The summed E-state index contributed by atoms with van der Waals surface area (Å²) in [5, 5.41) is 3.45. The van der Waals surface area contributed by atoms with Crippen molar-refractivity contribution in [1.82, 2.24) is 5.32 Å². The standard InChI is InChI=1S/C14H20FNO/c1-10-3-4-11(9-16-10)7-12-5-6-13(17-2)8-14(12)15/h5-6,8,10-11,16H,3-4,7,9H2,1-2H3. The van der Waals surface area contributed by atoms with Crippen molar-refractivity contribution >= 4 is 0 Å². The molecule has 1 N–H and O–H groups in total. The fourth-order valence-electron chi connectivity index (χ4n) is 2.36. The van der Waals surface area contributed by atoms with Gasteiger partial charge in [-0.15, -0.1) is 0 Å². The van der Waals surface area contributed by atoms with Gasteiger partial charge in [0.2, 0.25) is 0 Å². The molecule has 1 aromatic rings. The first-order chi connectivity index (χ1) is 8.19. The van der Waals surface area contributed by atoms with Gasteiger partial charge in [0.05, 0.1) is 7.11 Å². The van der Waals surface area contributed by atoms with Crippen LogP contribution in [0.15, 0.2) is 18.2 Å². The third-order valence-electron chi connectivity index (χ3n) is 3.53. The molecule has 1 heterocycles. The Hall–Kier alpha value is -1.09. The van der Waals surface area contributed by atoms with E-state index in [-0.39, 0.29) is 5.82 Å². The van der Waals surface area contributed by atoms with Crippen molar-refractivity contribution < 1.29 is 9.13 Å². The van der Waals surface area contributed by atoms with Gasteiger partial charge in [0.25, 0.3) is 0 Å². The molecule has 0 spiro atoms. The van der Waals surface area contributed by atoms with E-state index in [0.717, 1.165) is 18.5 Å². The molecule has 0 saturated carbocycles. The van der Waals surface area contributed by atoms with Gasteiger partial charge in [-0.3, -0.25) is 0 Å². The molecule has 2 unspecified atom stereocenters. The minimum absolute atomic E-state index is 0.150. The molecular weight excluding hydrogens is 217 g/mol. The zero-order valence-electron chi connectivity index (χ0n) is 10.5. The van der Waals surface area contributed by atoms with Crippen LogP contribution >= 0.6 is 0 Å². The monoisotopic (exact) mass is 237 g/mol. The molecule has 1 aliphatic rings. The quantitative estimate of drug-likeness (QED) is 0.872. The van der Waals surface area contributed by atoms with Crippen LogP contribution in [-0.2, 0) is 6.42 Å². The van der Waals surface area contributed by atoms with Gasteiger partial charge in [0.1, 0.15) is 11.6 Å². The van der Waals surface area contributed by atoms with Crippen LogP contribution in [0.1, 0.15) is 25.3 Å². The van der Waals surface area contributed by atoms with Crippen LogP contribution in [0.3, 0.4) is 0 Å². The van der Waals surface area contributed by atoms with Crippen LogP contribution in [0.25, 0.3) is 0 Å². The molecule has 2 nitrogen and oxygen atoms in total. The predicted octanol–water partition coefficient (Wildman–Crippen LogP) is 2.76. The van der Waals surface area contributed by atoms with E-state index in [1.165, 1.54) is 18.9 Å². The van der Waals surface area contributed by atoms with E-state index in [2.05, 4.69) is 12.2 Å². The first-order valence-electron chi connectivity index (χ1n) is 6.25. The lowest BCUT2D eigenvalue weighted by molar-refractivity contribution is 0.319. The molecule has 0 aliphatic carbocycles. The lowest BCUT2D eigenvalue weighted by Gasteiger charge is -2.27. The van der Waals surface area contributed by atoms with Crippen molar-refractivity contribution in [3.05, 3.63) is 29.6 Å². The molecule has 3 heteroatoms. The second-order valence-corrected chi connectivity index (χ2v) is 4.91. The molecule has 0 bridgehead atoms. The van der Waals surface area contributed by atoms with Gasteiger partial charge in [-0.1, -0.05) is 6.07 Å². The number of piperidine rings is 1. The topological polar surface area (TPSA) is 21.3 Å². The number of hydrogen-bond acceptors (Lipinski definition) is 2. The SMILES string of the molecule is COc1ccc(CC2CCC(C)NC2)c(F)c1. The summed E-state index contributed by atoms with van der Waals surface area (Å²) >= 11 is 0. The highest BCUT2D eigenvalue weighted by atomic mass is 19.1. The average Bonchev–Trinajstić information content (AvgIpc) is 2.34. The van der Waals surface area contributed by atoms with Crippen LogP contribution in [0.2, 0.25) is 0 Å². The number of halogens is 1. The zero-order chi connectivity index (χ0) is 12.3. The molecule has 2 atom stereocenters. The largest absolute Gasteiger partial charge is 0.497 e. The van der Waals surface area contributed by atoms with Crippen molar-refractivity contribution in [2.24, 2.45) is 5.92 Å². The number of nitrogens with one attached hydrogen (secondary N) is 1. The fourth-order valence-corrected chi connectivity index (χ4v) is 2.36. The first kappa shape index (κ1) is 12.4. The van der Waals surface area contributed by atoms with Gasteiger partial charge in [0, 0.05) is 12.1 Å². The van der Waals surface area contributed by atoms with Crippen molar-refractivity contribution in [2.45, 2.75) is 32.2 Å². The van der Waals surface area contributed by atoms with Crippen molar-refractivity contribution in [2.75, 3.05) is 13.7 Å². The summed E-state index contributed by atoms with van der Waals surface area (Å²) in [7, 11) is 1.56. The normalized spacial score (nSPS) is 24.6. The third-order valence-corrected chi connectivity index (χ3v) is 3.53. The van der Waals surface area contributed by atoms with Crippen LogP contribution < -0.4 is 10.1 Å². The van der Waals surface area contributed by atoms with E-state index in [0.29, 0.717) is 17.7 Å². The second kappa shape index (κ2) is 5.50. The molecule has 0 radical (unpaired) electrons. The lowest BCUT2D eigenvalue weighted by Crippen LogP contribution is -2.37. The highest BCUT2D eigenvalue weighted by Gasteiger charge is 2.19. The van der Waals surface area contributed by atoms with Gasteiger partial charge in [0.15, 0.2) is 0 Å². The summed E-state index contributed by atoms with van der Waals surface area (Å²) in [4.78, 5) is 0. The predicted molar refractivity (Wildman–Crippen MR) is 66.8 cm³/mol. The molecule has 1 saturated heterocycles. The van der Waals surface area contributed by atoms with E-state index < -0.39 is 0 Å². The summed E-state index contributed by atoms with van der Waals surface area (Å²) in [5.41, 5.74) is 0.798. The minimum Gasteiger partial charge on any atom is -0.497 e. The summed E-state index contributed by atoms with van der Waals surface area (Å²) in [6.07, 6.45) is 3.18. The summed E-state index contributed by atoms with van der Waals surface area (Å²) < 4.78 is 18.8. The Labute approximate surface area is 102 Å². The zero-order valence-corrected chi connectivity index (χ0v) is 10.5. The highest BCUT2D eigenvalue weighted by molar-refractivity contribution is 5.29. The van der Waals surface area contributed by atoms with Gasteiger partial charge >= 0.3 is 0 Å². The molecule has 1 aromatic carbocycles. The van der Waals surface area contributed by atoms with Crippen LogP contribution in [0.5, 0.6) is 5.75 Å². The smallest absolute Gasteiger partial charge is 0.130 e. The summed E-state index contributed by atoms with van der Waals surface area (Å²) in [6, 6.07) is 5.74. The van der Waals surface area contributed by atoms with Gasteiger partial charge in [-0.2, -0.15) is 0 Å². The molecule has 17 heavy (non-hydrogen) atoms. The van der Waals surface area contributed by atoms with E-state index in [1.807, 2.05) is 12.1 Å². The fraction of sp³-hybridized carbons (Fsp3) is 0.571. The Morgan fingerprint density at radius 1 is 1.41 bits per heavy atom. The third kappa shape index (κ3) is 3.19. The van der Waals surface area contributed by atoms with Crippen LogP contribution in [0, 0.1) is 11.7 Å². The summed E-state index contributed by atoms with van der Waals surface area (Å²) in [6.45, 7) is 3.19. The van der Waals surface area contributed by atoms with E-state index >= 15 is 0 Å². The Morgan fingerprint density at radius 3 is 2.82 bits per heavy atom. The van der Waals surface area contributed by atoms with Crippen molar-refractivity contribution in [3.63, 3.8) is 0 Å².